The zero-order chi connectivity index (χ0) is 14.5. The molecule has 1 heterocycles. The number of methoxy groups -OCH3 is 2. The fourth-order valence-corrected chi connectivity index (χ4v) is 3.04. The molecule has 1 fully saturated rings. The minimum Gasteiger partial charge on any atom is -0.497 e. The van der Waals surface area contributed by atoms with Gasteiger partial charge in [-0.15, -0.1) is 0 Å². The molecule has 2 rings (SSSR count). The molecule has 0 aliphatic carbocycles. The van der Waals surface area contributed by atoms with Crippen molar-refractivity contribution in [3.63, 3.8) is 0 Å². The summed E-state index contributed by atoms with van der Waals surface area (Å²) >= 11 is 6.53. The number of thiocarbonyl (C=S) groups is 1. The minimum atomic E-state index is -0.0622. The Bertz CT molecular complexity index is 540. The zero-order valence-corrected chi connectivity index (χ0v) is 12.9. The predicted molar refractivity (Wildman–Crippen MR) is 84.7 cm³/mol. The van der Waals surface area contributed by atoms with E-state index in [1.54, 1.807) is 19.1 Å². The third-order valence-corrected chi connectivity index (χ3v) is 4.18. The second-order valence-corrected chi connectivity index (χ2v) is 5.78. The third-order valence-electron chi connectivity index (χ3n) is 2.81. The van der Waals surface area contributed by atoms with Gasteiger partial charge in [0, 0.05) is 7.11 Å². The van der Waals surface area contributed by atoms with E-state index < -0.39 is 0 Å². The Morgan fingerprint density at radius 3 is 2.60 bits per heavy atom. The second-order valence-electron chi connectivity index (χ2n) is 4.10. The van der Waals surface area contributed by atoms with Gasteiger partial charge in [0.25, 0.3) is 5.91 Å². The van der Waals surface area contributed by atoms with Crippen molar-refractivity contribution in [2.75, 3.05) is 27.4 Å². The summed E-state index contributed by atoms with van der Waals surface area (Å²) in [5, 5.41) is 0. The summed E-state index contributed by atoms with van der Waals surface area (Å²) in [5.41, 5.74) is 0.943. The maximum absolute atomic E-state index is 12.2. The second kappa shape index (κ2) is 6.88. The molecule has 6 heteroatoms. The molecule has 0 saturated carbocycles. The number of amides is 1. The molecule has 0 spiro atoms. The van der Waals surface area contributed by atoms with E-state index in [1.807, 2.05) is 30.3 Å². The quantitative estimate of drug-likeness (QED) is 0.617. The van der Waals surface area contributed by atoms with E-state index in [2.05, 4.69) is 0 Å². The van der Waals surface area contributed by atoms with Crippen LogP contribution in [0.2, 0.25) is 0 Å². The Kier molecular flexibility index (Phi) is 5.17. The number of thioether (sulfide) groups is 1. The number of ether oxygens (including phenoxy) is 2. The maximum Gasteiger partial charge on any atom is 0.266 e. The van der Waals surface area contributed by atoms with Crippen molar-refractivity contribution in [3.8, 4) is 5.75 Å². The maximum atomic E-state index is 12.2. The summed E-state index contributed by atoms with van der Waals surface area (Å²) < 4.78 is 10.7. The van der Waals surface area contributed by atoms with E-state index in [9.17, 15) is 4.79 Å². The number of carbonyl (C=O) groups is 1. The van der Waals surface area contributed by atoms with Crippen LogP contribution in [0, 0.1) is 0 Å². The number of hydrogen-bond acceptors (Lipinski definition) is 5. The summed E-state index contributed by atoms with van der Waals surface area (Å²) in [6.45, 7) is 0.962. The summed E-state index contributed by atoms with van der Waals surface area (Å²) in [7, 11) is 3.22. The van der Waals surface area contributed by atoms with Crippen LogP contribution in [0.15, 0.2) is 29.2 Å². The smallest absolute Gasteiger partial charge is 0.266 e. The number of hydrogen-bond donors (Lipinski definition) is 0. The van der Waals surface area contributed by atoms with Crippen LogP contribution < -0.4 is 4.74 Å². The number of rotatable bonds is 5. The lowest BCUT2D eigenvalue weighted by Gasteiger charge is -2.12. The van der Waals surface area contributed by atoms with Gasteiger partial charge < -0.3 is 9.47 Å². The molecule has 1 saturated heterocycles. The van der Waals surface area contributed by atoms with Gasteiger partial charge in [-0.2, -0.15) is 0 Å². The Labute approximate surface area is 127 Å². The van der Waals surface area contributed by atoms with Gasteiger partial charge >= 0.3 is 0 Å². The Morgan fingerprint density at radius 1 is 1.30 bits per heavy atom. The van der Waals surface area contributed by atoms with Gasteiger partial charge in [0.2, 0.25) is 0 Å². The first-order valence-corrected chi connectivity index (χ1v) is 7.26. The molecule has 1 aliphatic rings. The van der Waals surface area contributed by atoms with E-state index in [-0.39, 0.29) is 5.91 Å². The topological polar surface area (TPSA) is 38.8 Å². The highest BCUT2D eigenvalue weighted by Crippen LogP contribution is 2.32. The van der Waals surface area contributed by atoms with Crippen LogP contribution in [-0.2, 0) is 9.53 Å². The van der Waals surface area contributed by atoms with Crippen molar-refractivity contribution in [1.82, 2.24) is 4.90 Å². The fraction of sp³-hybridized carbons (Fsp3) is 0.286. The van der Waals surface area contributed by atoms with E-state index in [0.717, 1.165) is 11.3 Å². The van der Waals surface area contributed by atoms with Crippen LogP contribution in [0.5, 0.6) is 5.75 Å². The van der Waals surface area contributed by atoms with Gasteiger partial charge in [0.05, 0.1) is 25.2 Å². The van der Waals surface area contributed by atoms with Crippen LogP contribution in [0.3, 0.4) is 0 Å². The van der Waals surface area contributed by atoms with Crippen molar-refractivity contribution in [3.05, 3.63) is 34.7 Å². The van der Waals surface area contributed by atoms with E-state index in [0.29, 0.717) is 22.4 Å². The molecular weight excluding hydrogens is 294 g/mol. The molecule has 0 aromatic heterocycles. The van der Waals surface area contributed by atoms with Crippen LogP contribution in [0.4, 0.5) is 0 Å². The average Bonchev–Trinajstić information content (AvgIpc) is 2.72. The first-order chi connectivity index (χ1) is 9.65. The van der Waals surface area contributed by atoms with E-state index in [1.165, 1.54) is 11.8 Å². The van der Waals surface area contributed by atoms with Crippen molar-refractivity contribution in [2.45, 2.75) is 0 Å². The van der Waals surface area contributed by atoms with Crippen molar-refractivity contribution >= 4 is 40.3 Å². The highest BCUT2D eigenvalue weighted by molar-refractivity contribution is 8.26. The SMILES string of the molecule is COCCN1C(=O)C(=Cc2ccc(OC)cc2)SC1=S. The Morgan fingerprint density at radius 2 is 2.00 bits per heavy atom. The Balaban J connectivity index is 2.14. The predicted octanol–water partition coefficient (Wildman–Crippen LogP) is 2.54. The van der Waals surface area contributed by atoms with Gasteiger partial charge in [-0.3, -0.25) is 9.69 Å². The number of nitrogens with zero attached hydrogens (tertiary/aromatic N) is 1. The lowest BCUT2D eigenvalue weighted by atomic mass is 10.2. The highest BCUT2D eigenvalue weighted by atomic mass is 32.2. The molecule has 0 unspecified atom stereocenters. The first kappa shape index (κ1) is 15.0. The summed E-state index contributed by atoms with van der Waals surface area (Å²) in [6.07, 6.45) is 1.84. The average molecular weight is 309 g/mol. The molecule has 1 aliphatic heterocycles. The monoisotopic (exact) mass is 309 g/mol. The fourth-order valence-electron chi connectivity index (χ4n) is 1.73. The molecule has 0 bridgehead atoms. The van der Waals surface area contributed by atoms with Gasteiger partial charge in [-0.25, -0.2) is 0 Å². The standard InChI is InChI=1S/C14H15NO3S2/c1-17-8-7-15-13(16)12(20-14(15)19)9-10-3-5-11(18-2)6-4-10/h3-6,9H,7-8H2,1-2H3. The molecule has 20 heavy (non-hydrogen) atoms. The summed E-state index contributed by atoms with van der Waals surface area (Å²) in [4.78, 5) is 14.4. The molecular formula is C14H15NO3S2. The zero-order valence-electron chi connectivity index (χ0n) is 11.3. The van der Waals surface area contributed by atoms with Crippen molar-refractivity contribution in [2.24, 2.45) is 0 Å². The van der Waals surface area contributed by atoms with Gasteiger partial charge in [-0.1, -0.05) is 36.1 Å². The minimum absolute atomic E-state index is 0.0622. The van der Waals surface area contributed by atoms with E-state index in [4.69, 9.17) is 21.7 Å². The van der Waals surface area contributed by atoms with Crippen LogP contribution in [0.1, 0.15) is 5.56 Å². The molecule has 106 valence electrons. The van der Waals surface area contributed by atoms with Crippen LogP contribution >= 0.6 is 24.0 Å². The lowest BCUT2D eigenvalue weighted by molar-refractivity contribution is -0.122. The largest absolute Gasteiger partial charge is 0.497 e. The molecule has 1 amide bonds. The molecule has 4 nitrogen and oxygen atoms in total. The molecule has 0 N–H and O–H groups in total. The molecule has 1 aromatic rings. The molecule has 1 aromatic carbocycles. The Hall–Kier alpha value is -1.37. The van der Waals surface area contributed by atoms with Crippen LogP contribution in [0.25, 0.3) is 6.08 Å². The summed E-state index contributed by atoms with van der Waals surface area (Å²) in [6, 6.07) is 7.52. The first-order valence-electron chi connectivity index (χ1n) is 6.04. The number of carbonyl (C=O) groups excluding carboxylic acids is 1. The van der Waals surface area contributed by atoms with Crippen molar-refractivity contribution in [1.29, 1.82) is 0 Å². The highest BCUT2D eigenvalue weighted by Gasteiger charge is 2.31. The van der Waals surface area contributed by atoms with Gasteiger partial charge in [0.1, 0.15) is 10.1 Å². The summed E-state index contributed by atoms with van der Waals surface area (Å²) in [5.74, 6) is 0.725. The van der Waals surface area contributed by atoms with Crippen molar-refractivity contribution < 1.29 is 14.3 Å². The van der Waals surface area contributed by atoms with Gasteiger partial charge in [-0.05, 0) is 23.8 Å². The number of benzene rings is 1. The molecule has 0 atom stereocenters. The van der Waals surface area contributed by atoms with Gasteiger partial charge in [0.15, 0.2) is 0 Å². The van der Waals surface area contributed by atoms with Crippen LogP contribution in [-0.4, -0.2) is 42.5 Å². The molecule has 0 radical (unpaired) electrons. The third kappa shape index (κ3) is 3.39. The normalized spacial score (nSPS) is 17.1. The lowest BCUT2D eigenvalue weighted by Crippen LogP contribution is -2.31. The van der Waals surface area contributed by atoms with E-state index >= 15 is 0 Å².